The molecule has 0 atom stereocenters. The van der Waals surface area contributed by atoms with Crippen LogP contribution < -0.4 is 16.6 Å². The van der Waals surface area contributed by atoms with Crippen LogP contribution in [-0.2, 0) is 9.59 Å². The van der Waals surface area contributed by atoms with Crippen molar-refractivity contribution in [2.24, 2.45) is 0 Å². The number of nitrogens with one attached hydrogen (secondary N) is 2. The predicted octanol–water partition coefficient (Wildman–Crippen LogP) is 0.0924. The monoisotopic (exact) mass is 285 g/mol. The van der Waals surface area contributed by atoms with Gasteiger partial charge in [0.05, 0.1) is 5.56 Å². The molecule has 1 aromatic carbocycles. The van der Waals surface area contributed by atoms with Gasteiger partial charge in [-0.2, -0.15) is 0 Å². The quantitative estimate of drug-likeness (QED) is 0.356. The van der Waals surface area contributed by atoms with Crippen molar-refractivity contribution in [2.45, 2.75) is 0 Å². The largest absolute Gasteiger partial charge is 0.478 e. The first-order chi connectivity index (χ1) is 8.50. The van der Waals surface area contributed by atoms with Gasteiger partial charge < -0.3 is 10.8 Å². The van der Waals surface area contributed by atoms with Gasteiger partial charge in [-0.05, 0) is 12.1 Å². The minimum Gasteiger partial charge on any atom is -0.478 e. The van der Waals surface area contributed by atoms with Crippen molar-refractivity contribution < 1.29 is 19.5 Å². The summed E-state index contributed by atoms with van der Waals surface area (Å²) in [6.45, 7) is 0. The molecule has 2 amide bonds. The van der Waals surface area contributed by atoms with E-state index in [1.807, 2.05) is 5.43 Å². The lowest BCUT2D eigenvalue weighted by Gasteiger charge is -2.06. The summed E-state index contributed by atoms with van der Waals surface area (Å²) in [5.74, 6) is -2.62. The lowest BCUT2D eigenvalue weighted by Crippen LogP contribution is -2.41. The van der Waals surface area contributed by atoms with E-state index in [-0.39, 0.29) is 23.7 Å². The summed E-state index contributed by atoms with van der Waals surface area (Å²) in [6, 6.07) is 6.32. The maximum Gasteiger partial charge on any atom is 0.328 e. The van der Waals surface area contributed by atoms with Crippen LogP contribution >= 0.6 is 12.4 Å². The van der Waals surface area contributed by atoms with E-state index in [1.54, 1.807) is 18.2 Å². The van der Waals surface area contributed by atoms with Gasteiger partial charge in [0.25, 0.3) is 11.8 Å². The van der Waals surface area contributed by atoms with Crippen molar-refractivity contribution in [3.8, 4) is 0 Å². The molecule has 19 heavy (non-hydrogen) atoms. The SMILES string of the molecule is Cl.Nc1ccccc1C(=O)NNC(=O)/C=C\C(=O)O. The summed E-state index contributed by atoms with van der Waals surface area (Å²) in [7, 11) is 0. The van der Waals surface area contributed by atoms with Gasteiger partial charge in [0.2, 0.25) is 0 Å². The number of hydrogen-bond donors (Lipinski definition) is 4. The minimum atomic E-state index is -1.26. The summed E-state index contributed by atoms with van der Waals surface area (Å²) >= 11 is 0. The number of nitrogens with two attached hydrogens (primary N) is 1. The van der Waals surface area contributed by atoms with E-state index >= 15 is 0 Å². The van der Waals surface area contributed by atoms with Gasteiger partial charge in [0, 0.05) is 17.8 Å². The van der Waals surface area contributed by atoms with E-state index < -0.39 is 17.8 Å². The fourth-order valence-corrected chi connectivity index (χ4v) is 1.08. The maximum absolute atomic E-state index is 11.6. The molecule has 1 aromatic rings. The number of anilines is 1. The van der Waals surface area contributed by atoms with Crippen LogP contribution in [0.25, 0.3) is 0 Å². The Morgan fingerprint density at radius 1 is 1.11 bits per heavy atom. The highest BCUT2D eigenvalue weighted by atomic mass is 35.5. The highest BCUT2D eigenvalue weighted by molar-refractivity contribution is 6.01. The van der Waals surface area contributed by atoms with E-state index in [4.69, 9.17) is 10.8 Å². The van der Waals surface area contributed by atoms with Gasteiger partial charge in [-0.1, -0.05) is 12.1 Å². The Balaban J connectivity index is 0.00000324. The molecule has 8 heteroatoms. The van der Waals surface area contributed by atoms with Crippen LogP contribution in [0.3, 0.4) is 0 Å². The van der Waals surface area contributed by atoms with E-state index in [9.17, 15) is 14.4 Å². The van der Waals surface area contributed by atoms with Gasteiger partial charge in [-0.15, -0.1) is 12.4 Å². The molecule has 0 bridgehead atoms. The lowest BCUT2D eigenvalue weighted by atomic mass is 10.2. The molecule has 0 heterocycles. The second-order valence-electron chi connectivity index (χ2n) is 3.20. The normalized spacial score (nSPS) is 9.47. The molecule has 1 rings (SSSR count). The zero-order valence-corrected chi connectivity index (χ0v) is 10.4. The van der Waals surface area contributed by atoms with Crippen molar-refractivity contribution in [2.75, 3.05) is 5.73 Å². The molecule has 0 saturated heterocycles. The zero-order valence-electron chi connectivity index (χ0n) is 9.62. The number of carbonyl (C=O) groups is 3. The molecule has 0 spiro atoms. The van der Waals surface area contributed by atoms with Crippen LogP contribution in [0.15, 0.2) is 36.4 Å². The first-order valence-electron chi connectivity index (χ1n) is 4.86. The Labute approximate surface area is 114 Å². The number of benzene rings is 1. The molecule has 0 aromatic heterocycles. The van der Waals surface area contributed by atoms with Crippen molar-refractivity contribution in [3.05, 3.63) is 42.0 Å². The van der Waals surface area contributed by atoms with E-state index in [0.29, 0.717) is 6.08 Å². The highest BCUT2D eigenvalue weighted by Crippen LogP contribution is 2.09. The third kappa shape index (κ3) is 5.55. The van der Waals surface area contributed by atoms with Crippen molar-refractivity contribution >= 4 is 35.9 Å². The maximum atomic E-state index is 11.6. The van der Waals surface area contributed by atoms with Gasteiger partial charge in [0.1, 0.15) is 0 Å². The van der Waals surface area contributed by atoms with Crippen LogP contribution in [0.1, 0.15) is 10.4 Å². The smallest absolute Gasteiger partial charge is 0.328 e. The molecule has 0 aliphatic rings. The number of hydrogen-bond acceptors (Lipinski definition) is 4. The van der Waals surface area contributed by atoms with E-state index in [0.717, 1.165) is 6.08 Å². The molecule has 0 fully saturated rings. The molecule has 0 aliphatic heterocycles. The first-order valence-corrected chi connectivity index (χ1v) is 4.86. The number of hydrazine groups is 1. The average molecular weight is 286 g/mol. The number of nitrogen functional groups attached to an aromatic ring is 1. The van der Waals surface area contributed by atoms with Crippen molar-refractivity contribution in [1.82, 2.24) is 10.9 Å². The number of halogens is 1. The van der Waals surface area contributed by atoms with Gasteiger partial charge in [-0.3, -0.25) is 20.4 Å². The number of carbonyl (C=O) groups excluding carboxylic acids is 2. The molecule has 102 valence electrons. The van der Waals surface area contributed by atoms with Gasteiger partial charge >= 0.3 is 5.97 Å². The Morgan fingerprint density at radius 2 is 1.74 bits per heavy atom. The van der Waals surface area contributed by atoms with Gasteiger partial charge in [0.15, 0.2) is 0 Å². The molecule has 0 unspecified atom stereocenters. The van der Waals surface area contributed by atoms with Crippen LogP contribution in [-0.4, -0.2) is 22.9 Å². The molecule has 0 radical (unpaired) electrons. The van der Waals surface area contributed by atoms with E-state index in [2.05, 4.69) is 5.43 Å². The first kappa shape index (κ1) is 16.5. The lowest BCUT2D eigenvalue weighted by molar-refractivity contribution is -0.131. The second-order valence-corrected chi connectivity index (χ2v) is 3.20. The van der Waals surface area contributed by atoms with Crippen LogP contribution in [0.4, 0.5) is 5.69 Å². The standard InChI is InChI=1S/C11H11N3O4.ClH/c12-8-4-2-1-3-7(8)11(18)14-13-9(15)5-6-10(16)17;/h1-6H,12H2,(H,13,15)(H,14,18)(H,16,17);1H/b6-5-;. The Morgan fingerprint density at radius 3 is 2.32 bits per heavy atom. The van der Waals surface area contributed by atoms with Crippen LogP contribution in [0.5, 0.6) is 0 Å². The zero-order chi connectivity index (χ0) is 13.5. The summed E-state index contributed by atoms with van der Waals surface area (Å²) < 4.78 is 0. The number of aliphatic carboxylic acids is 1. The van der Waals surface area contributed by atoms with Crippen molar-refractivity contribution in [3.63, 3.8) is 0 Å². The molecule has 0 saturated carbocycles. The van der Waals surface area contributed by atoms with Crippen LogP contribution in [0.2, 0.25) is 0 Å². The number of carboxylic acids is 1. The summed E-state index contributed by atoms with van der Waals surface area (Å²) in [4.78, 5) is 32.8. The fraction of sp³-hybridized carbons (Fsp3) is 0. The summed E-state index contributed by atoms with van der Waals surface area (Å²) in [6.07, 6.45) is 1.43. The van der Waals surface area contributed by atoms with Crippen molar-refractivity contribution in [1.29, 1.82) is 0 Å². The summed E-state index contributed by atoms with van der Waals surface area (Å²) in [5, 5.41) is 8.28. The number of para-hydroxylation sites is 1. The van der Waals surface area contributed by atoms with E-state index in [1.165, 1.54) is 6.07 Å². The third-order valence-electron chi connectivity index (χ3n) is 1.88. The molecule has 5 N–H and O–H groups in total. The molecule has 7 nitrogen and oxygen atoms in total. The Kier molecular flexibility index (Phi) is 6.69. The summed E-state index contributed by atoms with van der Waals surface area (Å²) in [5.41, 5.74) is 10.2. The number of carboxylic acid groups (broad SMARTS) is 1. The second kappa shape index (κ2) is 7.72. The Hall–Kier alpha value is -2.54. The van der Waals surface area contributed by atoms with Crippen LogP contribution in [0, 0.1) is 0 Å². The highest BCUT2D eigenvalue weighted by Gasteiger charge is 2.08. The fourth-order valence-electron chi connectivity index (χ4n) is 1.08. The Bertz CT molecular complexity index is 516. The predicted molar refractivity (Wildman–Crippen MR) is 70.5 cm³/mol. The average Bonchev–Trinajstić information content (AvgIpc) is 2.34. The molecule has 0 aliphatic carbocycles. The molecular formula is C11H12ClN3O4. The molecular weight excluding hydrogens is 274 g/mol. The number of rotatable bonds is 3. The minimum absolute atomic E-state index is 0. The third-order valence-corrected chi connectivity index (χ3v) is 1.88. The topological polar surface area (TPSA) is 122 Å². The number of amides is 2. The van der Waals surface area contributed by atoms with Gasteiger partial charge in [-0.25, -0.2) is 4.79 Å².